The minimum absolute atomic E-state index is 0. The fourth-order valence-electron chi connectivity index (χ4n) is 2.46. The lowest BCUT2D eigenvalue weighted by Crippen LogP contribution is -2.48. The Kier molecular flexibility index (Phi) is 4.79. The minimum Gasteiger partial charge on any atom is -0.354 e. The number of H-pyrrole nitrogens is 1. The van der Waals surface area contributed by atoms with E-state index in [1.807, 2.05) is 6.07 Å². The van der Waals surface area contributed by atoms with Crippen molar-refractivity contribution < 1.29 is 17.9 Å². The molecule has 3 aromatic heterocycles. The van der Waals surface area contributed by atoms with Crippen molar-refractivity contribution in [3.8, 4) is 11.4 Å². The molecule has 7 nitrogen and oxygen atoms in total. The van der Waals surface area contributed by atoms with Crippen LogP contribution in [0, 0.1) is 5.82 Å². The molecule has 0 bridgehead atoms. The van der Waals surface area contributed by atoms with Crippen molar-refractivity contribution in [3.63, 3.8) is 0 Å². The Morgan fingerprint density at radius 1 is 1.38 bits per heavy atom. The zero-order valence-corrected chi connectivity index (χ0v) is 14.3. The second kappa shape index (κ2) is 7.03. The molecule has 0 radical (unpaired) electrons. The number of hydrogen-bond donors (Lipinski definition) is 3. The molecule has 0 aliphatic rings. The standard InChI is InChI=1S/C17H18F2N6O.3H2/c1-17(2,16(26)21-7-5-18)25-15-12(19)9-23-14(24-15)11-8-22-13-10(11)4-3-6-20-13;;;/h3-4,6,8-9H,5,7H2,1-2H3,(H,20,22)(H,21,26)(H,23,24,25);3*1H. The third-order valence-electron chi connectivity index (χ3n) is 3.81. The molecule has 0 atom stereocenters. The Labute approximate surface area is 152 Å². The van der Waals surface area contributed by atoms with Crippen LogP contribution < -0.4 is 10.6 Å². The average Bonchev–Trinajstić information content (AvgIpc) is 3.05. The third kappa shape index (κ3) is 3.46. The number of carbonyl (C=O) groups is 1. The van der Waals surface area contributed by atoms with Gasteiger partial charge in [0.1, 0.15) is 17.9 Å². The van der Waals surface area contributed by atoms with E-state index in [0.717, 1.165) is 11.6 Å². The molecule has 0 saturated carbocycles. The molecule has 1 amide bonds. The Morgan fingerprint density at radius 2 is 2.19 bits per heavy atom. The first-order valence-electron chi connectivity index (χ1n) is 8.00. The third-order valence-corrected chi connectivity index (χ3v) is 3.81. The number of nitrogens with one attached hydrogen (secondary N) is 3. The van der Waals surface area contributed by atoms with Gasteiger partial charge in [-0.15, -0.1) is 0 Å². The van der Waals surface area contributed by atoms with Crippen LogP contribution in [0.5, 0.6) is 0 Å². The Balaban J connectivity index is 0.00000261. The van der Waals surface area contributed by atoms with Crippen LogP contribution in [0.2, 0.25) is 0 Å². The molecule has 0 aromatic carbocycles. The van der Waals surface area contributed by atoms with Crippen molar-refractivity contribution in [2.75, 3.05) is 18.5 Å². The maximum Gasteiger partial charge on any atom is 0.245 e. The second-order valence-corrected chi connectivity index (χ2v) is 6.19. The molecule has 9 heteroatoms. The Hall–Kier alpha value is -3.10. The molecule has 142 valence electrons. The number of amides is 1. The molecule has 3 aromatic rings. The maximum absolute atomic E-state index is 14.2. The highest BCUT2D eigenvalue weighted by Crippen LogP contribution is 2.26. The van der Waals surface area contributed by atoms with E-state index in [4.69, 9.17) is 0 Å². The lowest BCUT2D eigenvalue weighted by Gasteiger charge is -2.25. The van der Waals surface area contributed by atoms with Gasteiger partial charge < -0.3 is 15.6 Å². The summed E-state index contributed by atoms with van der Waals surface area (Å²) in [5.74, 6) is -0.995. The van der Waals surface area contributed by atoms with Crippen molar-refractivity contribution >= 4 is 22.8 Å². The molecule has 0 aliphatic heterocycles. The van der Waals surface area contributed by atoms with Gasteiger partial charge in [0, 0.05) is 34.2 Å². The van der Waals surface area contributed by atoms with Crippen molar-refractivity contribution in [1.29, 1.82) is 0 Å². The number of fused-ring (bicyclic) bond motifs is 1. The lowest BCUT2D eigenvalue weighted by molar-refractivity contribution is -0.124. The highest BCUT2D eigenvalue weighted by atomic mass is 19.1. The fraction of sp³-hybridized carbons (Fsp3) is 0.294. The van der Waals surface area contributed by atoms with Crippen molar-refractivity contribution in [1.82, 2.24) is 25.3 Å². The summed E-state index contributed by atoms with van der Waals surface area (Å²) in [5.41, 5.74) is 0.135. The topological polar surface area (TPSA) is 95.6 Å². The molecule has 3 N–H and O–H groups in total. The van der Waals surface area contributed by atoms with E-state index in [-0.39, 0.29) is 22.5 Å². The Morgan fingerprint density at radius 3 is 2.96 bits per heavy atom. The van der Waals surface area contributed by atoms with E-state index < -0.39 is 23.9 Å². The quantitative estimate of drug-likeness (QED) is 0.623. The van der Waals surface area contributed by atoms with Crippen molar-refractivity contribution in [2.24, 2.45) is 0 Å². The zero-order valence-electron chi connectivity index (χ0n) is 14.3. The van der Waals surface area contributed by atoms with Crippen LogP contribution in [0.1, 0.15) is 18.1 Å². The molecular formula is C17H24F2N6O. The second-order valence-electron chi connectivity index (χ2n) is 6.19. The molecule has 0 saturated heterocycles. The first-order valence-corrected chi connectivity index (χ1v) is 8.00. The van der Waals surface area contributed by atoms with E-state index in [0.29, 0.717) is 11.2 Å². The molecule has 0 unspecified atom stereocenters. The molecule has 3 heterocycles. The largest absolute Gasteiger partial charge is 0.354 e. The fourth-order valence-corrected chi connectivity index (χ4v) is 2.46. The number of hydrogen-bond acceptors (Lipinski definition) is 5. The van der Waals surface area contributed by atoms with Gasteiger partial charge in [-0.2, -0.15) is 0 Å². The van der Waals surface area contributed by atoms with E-state index in [1.54, 1.807) is 32.3 Å². The minimum atomic E-state index is -1.19. The summed E-state index contributed by atoms with van der Waals surface area (Å²) < 4.78 is 26.4. The number of alkyl halides is 1. The summed E-state index contributed by atoms with van der Waals surface area (Å²) in [7, 11) is 0. The number of nitrogens with zero attached hydrogens (tertiary/aromatic N) is 3. The number of anilines is 1. The maximum atomic E-state index is 14.2. The molecule has 3 rings (SSSR count). The number of aromatic nitrogens is 4. The zero-order chi connectivity index (χ0) is 18.7. The monoisotopic (exact) mass is 366 g/mol. The van der Waals surface area contributed by atoms with Crippen LogP contribution >= 0.6 is 0 Å². The number of pyridine rings is 1. The molecule has 26 heavy (non-hydrogen) atoms. The normalized spacial score (nSPS) is 11.5. The highest BCUT2D eigenvalue weighted by Gasteiger charge is 2.29. The summed E-state index contributed by atoms with van der Waals surface area (Å²) >= 11 is 0. The van der Waals surface area contributed by atoms with Gasteiger partial charge in [-0.1, -0.05) is 0 Å². The van der Waals surface area contributed by atoms with Crippen molar-refractivity contribution in [3.05, 3.63) is 36.5 Å². The molecule has 0 fully saturated rings. The summed E-state index contributed by atoms with van der Waals surface area (Å²) in [6.45, 7) is 2.32. The number of carbonyl (C=O) groups excluding carboxylic acids is 1. The van der Waals surface area contributed by atoms with Crippen LogP contribution in [-0.4, -0.2) is 44.6 Å². The SMILES string of the molecule is CC(C)(Nc1nc(-c2c[nH]c3ncccc23)ncc1F)C(=O)NCCF.[HH].[HH].[HH]. The summed E-state index contributed by atoms with van der Waals surface area (Å²) in [4.78, 5) is 27.6. The van der Waals surface area contributed by atoms with Crippen molar-refractivity contribution in [2.45, 2.75) is 19.4 Å². The molecule has 0 spiro atoms. The molecule has 0 aliphatic carbocycles. The van der Waals surface area contributed by atoms with E-state index >= 15 is 0 Å². The van der Waals surface area contributed by atoms with Gasteiger partial charge in [0.2, 0.25) is 5.91 Å². The number of halogens is 2. The van der Waals surface area contributed by atoms with Gasteiger partial charge >= 0.3 is 0 Å². The van der Waals surface area contributed by atoms with Gasteiger partial charge in [-0.25, -0.2) is 23.7 Å². The summed E-state index contributed by atoms with van der Waals surface area (Å²) in [5, 5.41) is 5.98. The number of rotatable bonds is 6. The van der Waals surface area contributed by atoms with E-state index in [2.05, 4.69) is 30.6 Å². The van der Waals surface area contributed by atoms with Gasteiger partial charge in [0.15, 0.2) is 17.5 Å². The Bertz CT molecular complexity index is 954. The van der Waals surface area contributed by atoms with Crippen LogP contribution in [0.3, 0.4) is 0 Å². The lowest BCUT2D eigenvalue weighted by atomic mass is 10.0. The van der Waals surface area contributed by atoms with Crippen LogP contribution in [-0.2, 0) is 4.79 Å². The summed E-state index contributed by atoms with van der Waals surface area (Å²) in [6, 6.07) is 3.63. The van der Waals surface area contributed by atoms with Gasteiger partial charge in [-0.3, -0.25) is 4.79 Å². The predicted molar refractivity (Wildman–Crippen MR) is 100 cm³/mol. The first kappa shape index (κ1) is 17.7. The van der Waals surface area contributed by atoms with Crippen LogP contribution in [0.15, 0.2) is 30.7 Å². The number of aromatic amines is 1. The van der Waals surface area contributed by atoms with Crippen LogP contribution in [0.4, 0.5) is 14.6 Å². The first-order chi connectivity index (χ1) is 12.4. The predicted octanol–water partition coefficient (Wildman–Crippen LogP) is 3.17. The van der Waals surface area contributed by atoms with E-state index in [1.165, 1.54) is 0 Å². The average molecular weight is 366 g/mol. The van der Waals surface area contributed by atoms with Gasteiger partial charge in [0.25, 0.3) is 0 Å². The molecular weight excluding hydrogens is 342 g/mol. The highest BCUT2D eigenvalue weighted by molar-refractivity contribution is 5.92. The van der Waals surface area contributed by atoms with Gasteiger partial charge in [0.05, 0.1) is 6.20 Å². The van der Waals surface area contributed by atoms with E-state index in [9.17, 15) is 13.6 Å². The van der Waals surface area contributed by atoms with Crippen LogP contribution in [0.25, 0.3) is 22.4 Å². The van der Waals surface area contributed by atoms with Gasteiger partial charge in [-0.05, 0) is 26.0 Å². The smallest absolute Gasteiger partial charge is 0.245 e. The summed E-state index contributed by atoms with van der Waals surface area (Å²) in [6.07, 6.45) is 4.38.